The summed E-state index contributed by atoms with van der Waals surface area (Å²) in [5, 5.41) is 3.54. The summed E-state index contributed by atoms with van der Waals surface area (Å²) in [6.45, 7) is 4.36. The Morgan fingerprint density at radius 3 is 2.71 bits per heavy atom. The van der Waals surface area contributed by atoms with Gasteiger partial charge in [0.25, 0.3) is 0 Å². The van der Waals surface area contributed by atoms with Gasteiger partial charge in [-0.1, -0.05) is 26.0 Å². The van der Waals surface area contributed by atoms with Gasteiger partial charge in [-0.05, 0) is 30.0 Å². The van der Waals surface area contributed by atoms with Crippen molar-refractivity contribution in [2.24, 2.45) is 5.92 Å². The minimum Gasteiger partial charge on any atom is -0.380 e. The minimum atomic E-state index is -0.175. The standard InChI is InChI=1S/C14H20FNO/c1-9(2)14-13(17-3)8-12(16-14)10-5-4-6-11(15)7-10/h4-7,9,12-14,16H,8H2,1-3H3/t12-,13+,14-/m0/s1. The molecule has 1 fully saturated rings. The van der Waals surface area contributed by atoms with Crippen LogP contribution in [0.2, 0.25) is 0 Å². The summed E-state index contributed by atoms with van der Waals surface area (Å²) in [6.07, 6.45) is 1.12. The summed E-state index contributed by atoms with van der Waals surface area (Å²) in [7, 11) is 1.75. The van der Waals surface area contributed by atoms with Gasteiger partial charge in [0, 0.05) is 19.2 Å². The van der Waals surface area contributed by atoms with Crippen LogP contribution in [0.3, 0.4) is 0 Å². The summed E-state index contributed by atoms with van der Waals surface area (Å²) in [4.78, 5) is 0. The van der Waals surface area contributed by atoms with E-state index in [-0.39, 0.29) is 18.0 Å². The predicted molar refractivity (Wildman–Crippen MR) is 66.3 cm³/mol. The molecule has 1 aliphatic heterocycles. The maximum absolute atomic E-state index is 13.2. The molecule has 1 aliphatic rings. The molecule has 2 rings (SSSR count). The average Bonchev–Trinajstić information content (AvgIpc) is 2.73. The summed E-state index contributed by atoms with van der Waals surface area (Å²) in [5.41, 5.74) is 1.01. The molecule has 0 aromatic heterocycles. The Kier molecular flexibility index (Phi) is 3.79. The van der Waals surface area contributed by atoms with E-state index in [1.54, 1.807) is 19.2 Å². The Balaban J connectivity index is 2.15. The molecular weight excluding hydrogens is 217 g/mol. The molecule has 0 unspecified atom stereocenters. The zero-order chi connectivity index (χ0) is 12.4. The van der Waals surface area contributed by atoms with E-state index in [0.29, 0.717) is 12.0 Å². The van der Waals surface area contributed by atoms with Gasteiger partial charge in [0.05, 0.1) is 6.10 Å². The predicted octanol–water partition coefficient (Wildman–Crippen LogP) is 2.90. The molecule has 0 aliphatic carbocycles. The van der Waals surface area contributed by atoms with E-state index in [1.165, 1.54) is 6.07 Å². The molecule has 0 bridgehead atoms. The number of hydrogen-bond donors (Lipinski definition) is 1. The van der Waals surface area contributed by atoms with Crippen molar-refractivity contribution in [3.05, 3.63) is 35.6 Å². The van der Waals surface area contributed by atoms with Gasteiger partial charge < -0.3 is 10.1 Å². The van der Waals surface area contributed by atoms with Crippen LogP contribution < -0.4 is 5.32 Å². The lowest BCUT2D eigenvalue weighted by atomic mass is 9.99. The van der Waals surface area contributed by atoms with Crippen molar-refractivity contribution >= 4 is 0 Å². The molecule has 0 spiro atoms. The topological polar surface area (TPSA) is 21.3 Å². The first-order chi connectivity index (χ1) is 8.11. The number of rotatable bonds is 3. The molecule has 1 saturated heterocycles. The van der Waals surface area contributed by atoms with Gasteiger partial charge >= 0.3 is 0 Å². The molecule has 17 heavy (non-hydrogen) atoms. The van der Waals surface area contributed by atoms with Gasteiger partial charge in [0.15, 0.2) is 0 Å². The maximum atomic E-state index is 13.2. The van der Waals surface area contributed by atoms with Crippen LogP contribution in [0.25, 0.3) is 0 Å². The minimum absolute atomic E-state index is 0.175. The molecule has 3 atom stereocenters. The highest BCUT2D eigenvalue weighted by Crippen LogP contribution is 2.31. The van der Waals surface area contributed by atoms with E-state index in [1.807, 2.05) is 6.07 Å². The van der Waals surface area contributed by atoms with Crippen LogP contribution in [0.15, 0.2) is 24.3 Å². The van der Waals surface area contributed by atoms with Gasteiger partial charge in [-0.3, -0.25) is 0 Å². The van der Waals surface area contributed by atoms with E-state index in [4.69, 9.17) is 4.74 Å². The Labute approximate surface area is 102 Å². The average molecular weight is 237 g/mol. The van der Waals surface area contributed by atoms with Crippen LogP contribution in [-0.4, -0.2) is 19.3 Å². The molecule has 2 nitrogen and oxygen atoms in total. The molecule has 0 amide bonds. The monoisotopic (exact) mass is 237 g/mol. The fraction of sp³-hybridized carbons (Fsp3) is 0.571. The van der Waals surface area contributed by atoms with Crippen molar-refractivity contribution in [1.29, 1.82) is 0 Å². The SMILES string of the molecule is CO[C@@H]1C[C@@H](c2cccc(F)c2)N[C@H]1C(C)C. The van der Waals surface area contributed by atoms with Crippen LogP contribution in [-0.2, 0) is 4.74 Å². The number of nitrogens with one attached hydrogen (secondary N) is 1. The van der Waals surface area contributed by atoms with E-state index < -0.39 is 0 Å². The van der Waals surface area contributed by atoms with Crippen LogP contribution in [0.5, 0.6) is 0 Å². The van der Waals surface area contributed by atoms with Crippen molar-refractivity contribution in [1.82, 2.24) is 5.32 Å². The third-order valence-corrected chi connectivity index (χ3v) is 3.53. The van der Waals surface area contributed by atoms with Gasteiger partial charge in [0.2, 0.25) is 0 Å². The van der Waals surface area contributed by atoms with Crippen LogP contribution in [0, 0.1) is 11.7 Å². The summed E-state index contributed by atoms with van der Waals surface area (Å²) >= 11 is 0. The molecule has 0 radical (unpaired) electrons. The number of benzene rings is 1. The maximum Gasteiger partial charge on any atom is 0.123 e. The van der Waals surface area contributed by atoms with Crippen LogP contribution >= 0.6 is 0 Å². The largest absolute Gasteiger partial charge is 0.380 e. The smallest absolute Gasteiger partial charge is 0.123 e. The highest BCUT2D eigenvalue weighted by atomic mass is 19.1. The first-order valence-electron chi connectivity index (χ1n) is 6.16. The Morgan fingerprint density at radius 1 is 1.41 bits per heavy atom. The number of hydrogen-bond acceptors (Lipinski definition) is 2. The fourth-order valence-corrected chi connectivity index (χ4v) is 2.61. The lowest BCUT2D eigenvalue weighted by molar-refractivity contribution is 0.0779. The zero-order valence-corrected chi connectivity index (χ0v) is 10.6. The first kappa shape index (κ1) is 12.5. The van der Waals surface area contributed by atoms with Gasteiger partial charge in [-0.15, -0.1) is 0 Å². The lowest BCUT2D eigenvalue weighted by Gasteiger charge is -2.21. The molecule has 1 aromatic rings. The van der Waals surface area contributed by atoms with Gasteiger partial charge in [-0.25, -0.2) is 4.39 Å². The normalized spacial score (nSPS) is 28.9. The van der Waals surface area contributed by atoms with Crippen molar-refractivity contribution in [2.45, 2.75) is 38.5 Å². The Hall–Kier alpha value is -0.930. The molecule has 0 saturated carbocycles. The van der Waals surface area contributed by atoms with Crippen molar-refractivity contribution in [3.63, 3.8) is 0 Å². The Morgan fingerprint density at radius 2 is 2.18 bits per heavy atom. The molecular formula is C14H20FNO. The number of ether oxygens (including phenoxy) is 1. The van der Waals surface area contributed by atoms with E-state index >= 15 is 0 Å². The number of methoxy groups -OCH3 is 1. The molecule has 3 heteroatoms. The van der Waals surface area contributed by atoms with Crippen LogP contribution in [0.1, 0.15) is 31.9 Å². The number of halogens is 1. The van der Waals surface area contributed by atoms with Crippen molar-refractivity contribution in [3.8, 4) is 0 Å². The summed E-state index contributed by atoms with van der Waals surface area (Å²) < 4.78 is 18.7. The fourth-order valence-electron chi connectivity index (χ4n) is 2.61. The zero-order valence-electron chi connectivity index (χ0n) is 10.6. The second-order valence-corrected chi connectivity index (χ2v) is 5.05. The van der Waals surface area contributed by atoms with Gasteiger partial charge in [-0.2, -0.15) is 0 Å². The summed E-state index contributed by atoms with van der Waals surface area (Å²) in [5.74, 6) is 0.338. The van der Waals surface area contributed by atoms with Gasteiger partial charge in [0.1, 0.15) is 5.82 Å². The lowest BCUT2D eigenvalue weighted by Crippen LogP contribution is -2.36. The van der Waals surface area contributed by atoms with E-state index in [9.17, 15) is 4.39 Å². The van der Waals surface area contributed by atoms with Crippen molar-refractivity contribution in [2.75, 3.05) is 7.11 Å². The van der Waals surface area contributed by atoms with Crippen molar-refractivity contribution < 1.29 is 9.13 Å². The van der Waals surface area contributed by atoms with Crippen LogP contribution in [0.4, 0.5) is 4.39 Å². The first-order valence-corrected chi connectivity index (χ1v) is 6.16. The third kappa shape index (κ3) is 2.67. The van der Waals surface area contributed by atoms with E-state index in [0.717, 1.165) is 12.0 Å². The molecule has 1 heterocycles. The Bertz CT molecular complexity index is 380. The second-order valence-electron chi connectivity index (χ2n) is 5.05. The highest BCUT2D eigenvalue weighted by molar-refractivity contribution is 5.22. The summed E-state index contributed by atoms with van der Waals surface area (Å²) in [6, 6.07) is 7.35. The highest BCUT2D eigenvalue weighted by Gasteiger charge is 2.36. The molecule has 1 N–H and O–H groups in total. The molecule has 1 aromatic carbocycles. The molecule has 94 valence electrons. The quantitative estimate of drug-likeness (QED) is 0.872. The third-order valence-electron chi connectivity index (χ3n) is 3.53. The second kappa shape index (κ2) is 5.15. The van der Waals surface area contributed by atoms with E-state index in [2.05, 4.69) is 19.2 Å².